The summed E-state index contributed by atoms with van der Waals surface area (Å²) in [4.78, 5) is 27.8. The van der Waals surface area contributed by atoms with E-state index in [0.717, 1.165) is 45.0 Å². The highest BCUT2D eigenvalue weighted by Crippen LogP contribution is 2.28. The van der Waals surface area contributed by atoms with Gasteiger partial charge < -0.3 is 29.1 Å². The number of hydrogen-bond donors (Lipinski definition) is 2. The number of nitrogens with zero attached hydrogens (tertiary/aromatic N) is 1. The molecule has 42 heavy (non-hydrogen) atoms. The normalized spacial score (nSPS) is 10.9. The number of methoxy groups -OCH3 is 1. The number of oxazole rings is 1. The molecule has 9 heteroatoms. The van der Waals surface area contributed by atoms with Crippen molar-refractivity contribution in [3.8, 4) is 34.1 Å². The van der Waals surface area contributed by atoms with Gasteiger partial charge in [-0.1, -0.05) is 30.3 Å². The summed E-state index contributed by atoms with van der Waals surface area (Å²) in [6.45, 7) is 5.97. The SMILES string of the molecule is COc1cccc(-c2ccc(-c3nc(CCOc4ccc(CCC(=O)O)c(CNC(=O)OC(C)C)c4)c(C)o3)cc2)c1. The van der Waals surface area contributed by atoms with Crippen molar-refractivity contribution in [2.24, 2.45) is 0 Å². The topological polar surface area (TPSA) is 120 Å². The van der Waals surface area contributed by atoms with Crippen LogP contribution in [0.15, 0.2) is 71.1 Å². The molecule has 4 rings (SSSR count). The Morgan fingerprint density at radius 2 is 1.69 bits per heavy atom. The summed E-state index contributed by atoms with van der Waals surface area (Å²) < 4.78 is 22.4. The van der Waals surface area contributed by atoms with E-state index in [9.17, 15) is 9.59 Å². The lowest BCUT2D eigenvalue weighted by atomic mass is 10.0. The van der Waals surface area contributed by atoms with Gasteiger partial charge >= 0.3 is 12.1 Å². The first-order valence-corrected chi connectivity index (χ1v) is 13.8. The Hall–Kier alpha value is -4.79. The highest BCUT2D eigenvalue weighted by Gasteiger charge is 2.14. The van der Waals surface area contributed by atoms with Crippen molar-refractivity contribution in [1.29, 1.82) is 0 Å². The lowest BCUT2D eigenvalue weighted by Gasteiger charge is -2.14. The fourth-order valence-corrected chi connectivity index (χ4v) is 4.42. The van der Waals surface area contributed by atoms with Gasteiger partial charge in [0.25, 0.3) is 0 Å². The molecule has 0 spiro atoms. The predicted octanol–water partition coefficient (Wildman–Crippen LogP) is 6.60. The molecule has 3 aromatic carbocycles. The van der Waals surface area contributed by atoms with Crippen LogP contribution < -0.4 is 14.8 Å². The highest BCUT2D eigenvalue weighted by molar-refractivity contribution is 5.69. The first-order chi connectivity index (χ1) is 20.2. The van der Waals surface area contributed by atoms with E-state index in [1.54, 1.807) is 27.0 Å². The molecular weight excluding hydrogens is 536 g/mol. The Morgan fingerprint density at radius 1 is 0.929 bits per heavy atom. The molecule has 0 aliphatic carbocycles. The molecule has 0 aliphatic heterocycles. The van der Waals surface area contributed by atoms with Crippen LogP contribution in [-0.4, -0.2) is 42.0 Å². The molecule has 0 saturated carbocycles. The van der Waals surface area contributed by atoms with E-state index in [1.165, 1.54) is 0 Å². The van der Waals surface area contributed by atoms with Gasteiger partial charge in [0.15, 0.2) is 0 Å². The summed E-state index contributed by atoms with van der Waals surface area (Å²) in [6.07, 6.45) is 0.0819. The van der Waals surface area contributed by atoms with Gasteiger partial charge in [-0.05, 0) is 85.8 Å². The van der Waals surface area contributed by atoms with Crippen LogP contribution in [0.1, 0.15) is 42.8 Å². The number of rotatable bonds is 13. The third-order valence-electron chi connectivity index (χ3n) is 6.59. The monoisotopic (exact) mass is 572 g/mol. The predicted molar refractivity (Wildman–Crippen MR) is 159 cm³/mol. The van der Waals surface area contributed by atoms with Crippen molar-refractivity contribution < 1.29 is 33.3 Å². The van der Waals surface area contributed by atoms with E-state index in [2.05, 4.69) is 5.32 Å². The van der Waals surface area contributed by atoms with Crippen LogP contribution in [0.2, 0.25) is 0 Å². The van der Waals surface area contributed by atoms with Crippen molar-refractivity contribution in [3.05, 3.63) is 89.3 Å². The van der Waals surface area contributed by atoms with Crippen molar-refractivity contribution in [1.82, 2.24) is 10.3 Å². The van der Waals surface area contributed by atoms with Crippen LogP contribution in [0.3, 0.4) is 0 Å². The molecule has 220 valence electrons. The number of carboxylic acids is 1. The quantitative estimate of drug-likeness (QED) is 0.184. The minimum atomic E-state index is -0.886. The van der Waals surface area contributed by atoms with Gasteiger partial charge in [-0.2, -0.15) is 0 Å². The molecule has 0 bridgehead atoms. The van der Waals surface area contributed by atoms with E-state index in [0.29, 0.717) is 31.1 Å². The molecule has 1 amide bonds. The minimum Gasteiger partial charge on any atom is -0.497 e. The number of alkyl carbamates (subject to hydrolysis) is 1. The molecule has 2 N–H and O–H groups in total. The molecular formula is C33H36N2O7. The lowest BCUT2D eigenvalue weighted by Crippen LogP contribution is -2.26. The molecule has 0 unspecified atom stereocenters. The maximum Gasteiger partial charge on any atom is 0.407 e. The molecule has 9 nitrogen and oxygen atoms in total. The van der Waals surface area contributed by atoms with Crippen LogP contribution >= 0.6 is 0 Å². The van der Waals surface area contributed by atoms with E-state index < -0.39 is 12.1 Å². The first kappa shape index (κ1) is 30.2. The van der Waals surface area contributed by atoms with Gasteiger partial charge in [0.2, 0.25) is 5.89 Å². The van der Waals surface area contributed by atoms with Crippen molar-refractivity contribution in [2.75, 3.05) is 13.7 Å². The maximum atomic E-state index is 12.0. The molecule has 0 atom stereocenters. The van der Waals surface area contributed by atoms with Crippen molar-refractivity contribution in [3.63, 3.8) is 0 Å². The lowest BCUT2D eigenvalue weighted by molar-refractivity contribution is -0.136. The molecule has 1 heterocycles. The number of aromatic nitrogens is 1. The van der Waals surface area contributed by atoms with E-state index in [4.69, 9.17) is 28.7 Å². The summed E-state index contributed by atoms with van der Waals surface area (Å²) in [5, 5.41) is 11.8. The number of ether oxygens (including phenoxy) is 3. The van der Waals surface area contributed by atoms with Gasteiger partial charge in [-0.3, -0.25) is 4.79 Å². The van der Waals surface area contributed by atoms with Crippen LogP contribution in [-0.2, 0) is 28.9 Å². The zero-order chi connectivity index (χ0) is 30.1. The zero-order valence-electron chi connectivity index (χ0n) is 24.3. The molecule has 4 aromatic rings. The Morgan fingerprint density at radius 3 is 2.40 bits per heavy atom. The zero-order valence-corrected chi connectivity index (χ0v) is 24.3. The summed E-state index contributed by atoms with van der Waals surface area (Å²) >= 11 is 0. The van der Waals surface area contributed by atoms with Crippen LogP contribution in [0.5, 0.6) is 11.5 Å². The number of benzene rings is 3. The Labute approximate surface area is 245 Å². The van der Waals surface area contributed by atoms with Crippen LogP contribution in [0.4, 0.5) is 4.79 Å². The van der Waals surface area contributed by atoms with Crippen molar-refractivity contribution in [2.45, 2.75) is 52.7 Å². The first-order valence-electron chi connectivity index (χ1n) is 13.8. The smallest absolute Gasteiger partial charge is 0.407 e. The fraction of sp³-hybridized carbons (Fsp3) is 0.303. The van der Waals surface area contributed by atoms with E-state index in [-0.39, 0.29) is 19.1 Å². The third-order valence-corrected chi connectivity index (χ3v) is 6.59. The summed E-state index contributed by atoms with van der Waals surface area (Å²) in [5.41, 5.74) is 5.40. The molecule has 0 radical (unpaired) electrons. The highest BCUT2D eigenvalue weighted by atomic mass is 16.6. The van der Waals surface area contributed by atoms with Gasteiger partial charge in [-0.15, -0.1) is 0 Å². The molecule has 0 fully saturated rings. The number of aliphatic carboxylic acids is 1. The molecule has 0 aliphatic rings. The van der Waals surface area contributed by atoms with E-state index in [1.807, 2.05) is 67.6 Å². The fourth-order valence-electron chi connectivity index (χ4n) is 4.42. The molecule has 1 aromatic heterocycles. The second-order valence-corrected chi connectivity index (χ2v) is 10.1. The summed E-state index contributed by atoms with van der Waals surface area (Å²) in [5.74, 6) is 1.80. The van der Waals surface area contributed by atoms with Gasteiger partial charge in [0, 0.05) is 24.9 Å². The number of carbonyl (C=O) groups excluding carboxylic acids is 1. The van der Waals surface area contributed by atoms with Gasteiger partial charge in [-0.25, -0.2) is 9.78 Å². The van der Waals surface area contributed by atoms with Crippen LogP contribution in [0, 0.1) is 6.92 Å². The Balaban J connectivity index is 1.39. The Bertz CT molecular complexity index is 1510. The number of amides is 1. The second-order valence-electron chi connectivity index (χ2n) is 10.1. The standard InChI is InChI=1S/C33H36N2O7/c1-21(2)41-33(38)34-20-27-19-29(14-12-24(27)13-15-31(36)37)40-17-16-30-22(3)42-32(35-30)25-10-8-23(9-11-25)26-6-5-7-28(18-26)39-4/h5-12,14,18-19,21H,13,15-17,20H2,1-4H3,(H,34,38)(H,36,37). The average molecular weight is 573 g/mol. The summed E-state index contributed by atoms with van der Waals surface area (Å²) in [7, 11) is 1.65. The molecule has 0 saturated heterocycles. The number of nitrogens with one attached hydrogen (secondary N) is 1. The maximum absolute atomic E-state index is 12.0. The Kier molecular flexibility index (Phi) is 10.2. The number of hydrogen-bond acceptors (Lipinski definition) is 7. The van der Waals surface area contributed by atoms with Gasteiger partial charge in [0.1, 0.15) is 17.3 Å². The third kappa shape index (κ3) is 8.36. The van der Waals surface area contributed by atoms with E-state index >= 15 is 0 Å². The van der Waals surface area contributed by atoms with Crippen molar-refractivity contribution >= 4 is 12.1 Å². The number of carbonyl (C=O) groups is 2. The second kappa shape index (κ2) is 14.2. The van der Waals surface area contributed by atoms with Gasteiger partial charge in [0.05, 0.1) is 25.5 Å². The number of aryl methyl sites for hydroxylation is 2. The minimum absolute atomic E-state index is 0.0128. The number of carboxylic acid groups (broad SMARTS) is 1. The van der Waals surface area contributed by atoms with Crippen LogP contribution in [0.25, 0.3) is 22.6 Å². The summed E-state index contributed by atoms with van der Waals surface area (Å²) in [6, 6.07) is 21.4. The average Bonchev–Trinajstić information content (AvgIpc) is 3.35. The largest absolute Gasteiger partial charge is 0.497 e.